The zero-order valence-corrected chi connectivity index (χ0v) is 10.4. The first-order chi connectivity index (χ1) is 6.67. The second-order valence-corrected chi connectivity index (χ2v) is 4.78. The van der Waals surface area contributed by atoms with Gasteiger partial charge in [0.2, 0.25) is 0 Å². The van der Waals surface area contributed by atoms with E-state index in [1.165, 1.54) is 5.56 Å². The number of hydrogen-bond acceptors (Lipinski definition) is 1. The van der Waals surface area contributed by atoms with Crippen LogP contribution in [0.3, 0.4) is 0 Å². The van der Waals surface area contributed by atoms with Gasteiger partial charge in [0.25, 0.3) is 0 Å². The topological polar surface area (TPSA) is 9.23 Å². The Morgan fingerprint density at radius 3 is 2.43 bits per heavy atom. The Morgan fingerprint density at radius 1 is 1.21 bits per heavy atom. The molecule has 0 saturated carbocycles. The minimum Gasteiger partial charge on any atom is -0.380 e. The Labute approximate surface area is 94.6 Å². The van der Waals surface area contributed by atoms with Crippen LogP contribution < -0.4 is 0 Å². The minimum absolute atomic E-state index is 0.101. The molecule has 14 heavy (non-hydrogen) atoms. The van der Waals surface area contributed by atoms with Crippen LogP contribution in [0, 0.1) is 0 Å². The van der Waals surface area contributed by atoms with E-state index in [1.807, 2.05) is 6.07 Å². The largest absolute Gasteiger partial charge is 0.380 e. The van der Waals surface area contributed by atoms with Crippen molar-refractivity contribution in [2.24, 2.45) is 0 Å². The van der Waals surface area contributed by atoms with Crippen molar-refractivity contribution in [2.45, 2.75) is 19.3 Å². The quantitative estimate of drug-likeness (QED) is 0.580. The summed E-state index contributed by atoms with van der Waals surface area (Å²) in [5.41, 5.74) is 1.43. The Morgan fingerprint density at radius 2 is 1.86 bits per heavy atom. The maximum atomic E-state index is 5.56. The predicted octanol–water partition coefficient (Wildman–Crippen LogP) is 3.38. The highest BCUT2D eigenvalue weighted by molar-refractivity contribution is 9.09. The molecule has 1 rings (SSSR count). The van der Waals surface area contributed by atoms with Gasteiger partial charge < -0.3 is 4.74 Å². The van der Waals surface area contributed by atoms with Crippen molar-refractivity contribution in [2.75, 3.05) is 18.5 Å². The summed E-state index contributed by atoms with van der Waals surface area (Å²) in [4.78, 5) is 0. The average molecular weight is 257 g/mol. The average Bonchev–Trinajstić information content (AvgIpc) is 2.19. The molecular formula is C12H17BrO. The molecule has 0 fully saturated rings. The van der Waals surface area contributed by atoms with Crippen molar-refractivity contribution in [3.8, 4) is 0 Å². The van der Waals surface area contributed by atoms with Crippen LogP contribution in [0.15, 0.2) is 30.3 Å². The van der Waals surface area contributed by atoms with E-state index in [1.54, 1.807) is 0 Å². The van der Waals surface area contributed by atoms with E-state index < -0.39 is 0 Å². The molecule has 1 aromatic rings. The maximum absolute atomic E-state index is 5.56. The lowest BCUT2D eigenvalue weighted by Gasteiger charge is -2.24. The SMILES string of the molecule is CC(C)(COCCBr)c1ccccc1. The van der Waals surface area contributed by atoms with Gasteiger partial charge in [-0.2, -0.15) is 0 Å². The molecule has 0 heterocycles. The first kappa shape index (κ1) is 11.7. The van der Waals surface area contributed by atoms with E-state index in [2.05, 4.69) is 54.0 Å². The van der Waals surface area contributed by atoms with Crippen LogP contribution in [-0.4, -0.2) is 18.5 Å². The number of benzene rings is 1. The molecule has 0 aliphatic heterocycles. The molecule has 78 valence electrons. The van der Waals surface area contributed by atoms with Crippen LogP contribution >= 0.6 is 15.9 Å². The van der Waals surface area contributed by atoms with E-state index in [-0.39, 0.29) is 5.41 Å². The van der Waals surface area contributed by atoms with Crippen LogP contribution in [0.2, 0.25) is 0 Å². The van der Waals surface area contributed by atoms with Gasteiger partial charge in [-0.3, -0.25) is 0 Å². The molecule has 0 N–H and O–H groups in total. The van der Waals surface area contributed by atoms with Crippen LogP contribution in [0.4, 0.5) is 0 Å². The zero-order chi connectivity index (χ0) is 10.4. The van der Waals surface area contributed by atoms with Gasteiger partial charge in [0.05, 0.1) is 13.2 Å². The third-order valence-electron chi connectivity index (χ3n) is 2.24. The van der Waals surface area contributed by atoms with Gasteiger partial charge in [0.15, 0.2) is 0 Å². The molecule has 0 spiro atoms. The zero-order valence-electron chi connectivity index (χ0n) is 8.79. The molecule has 2 heteroatoms. The summed E-state index contributed by atoms with van der Waals surface area (Å²) in [5, 5.41) is 0.901. The van der Waals surface area contributed by atoms with Gasteiger partial charge in [0, 0.05) is 10.7 Å². The summed E-state index contributed by atoms with van der Waals surface area (Å²) in [6, 6.07) is 10.5. The fraction of sp³-hybridized carbons (Fsp3) is 0.500. The Kier molecular flexibility index (Phi) is 4.63. The molecule has 0 amide bonds. The summed E-state index contributed by atoms with van der Waals surface area (Å²) in [6.07, 6.45) is 0. The summed E-state index contributed by atoms with van der Waals surface area (Å²) in [5.74, 6) is 0. The first-order valence-electron chi connectivity index (χ1n) is 4.86. The van der Waals surface area contributed by atoms with E-state index >= 15 is 0 Å². The van der Waals surface area contributed by atoms with Gasteiger partial charge in [-0.15, -0.1) is 0 Å². The molecule has 0 aliphatic rings. The summed E-state index contributed by atoms with van der Waals surface area (Å²) >= 11 is 3.35. The lowest BCUT2D eigenvalue weighted by atomic mass is 9.86. The second kappa shape index (κ2) is 5.52. The van der Waals surface area contributed by atoms with E-state index in [0.29, 0.717) is 0 Å². The normalized spacial score (nSPS) is 11.6. The fourth-order valence-corrected chi connectivity index (χ4v) is 1.58. The van der Waals surface area contributed by atoms with Gasteiger partial charge in [0.1, 0.15) is 0 Å². The Balaban J connectivity index is 2.56. The molecule has 0 unspecified atom stereocenters. The molecular weight excluding hydrogens is 240 g/mol. The summed E-state index contributed by atoms with van der Waals surface area (Å²) < 4.78 is 5.56. The van der Waals surface area contributed by atoms with E-state index in [0.717, 1.165) is 18.5 Å². The van der Waals surface area contributed by atoms with Gasteiger partial charge >= 0.3 is 0 Å². The Hall–Kier alpha value is -0.340. The van der Waals surface area contributed by atoms with Gasteiger partial charge in [-0.25, -0.2) is 0 Å². The molecule has 1 nitrogen and oxygen atoms in total. The molecule has 0 bridgehead atoms. The summed E-state index contributed by atoms with van der Waals surface area (Å²) in [6.45, 7) is 5.95. The number of halogens is 1. The highest BCUT2D eigenvalue weighted by Crippen LogP contribution is 2.22. The number of rotatable bonds is 5. The van der Waals surface area contributed by atoms with Crippen molar-refractivity contribution in [3.05, 3.63) is 35.9 Å². The highest BCUT2D eigenvalue weighted by atomic mass is 79.9. The molecule has 0 aromatic heterocycles. The van der Waals surface area contributed by atoms with Gasteiger partial charge in [-0.1, -0.05) is 60.1 Å². The molecule has 0 saturated heterocycles. The van der Waals surface area contributed by atoms with E-state index in [9.17, 15) is 0 Å². The van der Waals surface area contributed by atoms with Crippen LogP contribution in [0.1, 0.15) is 19.4 Å². The van der Waals surface area contributed by atoms with Crippen molar-refractivity contribution >= 4 is 15.9 Å². The smallest absolute Gasteiger partial charge is 0.0563 e. The number of hydrogen-bond donors (Lipinski definition) is 0. The van der Waals surface area contributed by atoms with Crippen molar-refractivity contribution in [1.82, 2.24) is 0 Å². The third-order valence-corrected chi connectivity index (χ3v) is 2.56. The lowest BCUT2D eigenvalue weighted by Crippen LogP contribution is -2.24. The fourth-order valence-electron chi connectivity index (χ4n) is 1.35. The van der Waals surface area contributed by atoms with Crippen molar-refractivity contribution < 1.29 is 4.74 Å². The second-order valence-electron chi connectivity index (χ2n) is 3.99. The third kappa shape index (κ3) is 3.43. The first-order valence-corrected chi connectivity index (χ1v) is 5.98. The summed E-state index contributed by atoms with van der Waals surface area (Å²) in [7, 11) is 0. The number of ether oxygens (including phenoxy) is 1. The maximum Gasteiger partial charge on any atom is 0.0563 e. The van der Waals surface area contributed by atoms with Crippen molar-refractivity contribution in [1.29, 1.82) is 0 Å². The van der Waals surface area contributed by atoms with Crippen LogP contribution in [0.25, 0.3) is 0 Å². The Bertz CT molecular complexity index is 256. The predicted molar refractivity (Wildman–Crippen MR) is 64.1 cm³/mol. The van der Waals surface area contributed by atoms with Crippen molar-refractivity contribution in [3.63, 3.8) is 0 Å². The number of alkyl halides is 1. The standard InChI is InChI=1S/C12H17BrO/c1-12(2,10-14-9-8-13)11-6-4-3-5-7-11/h3-7H,8-10H2,1-2H3. The lowest BCUT2D eigenvalue weighted by molar-refractivity contribution is 0.108. The minimum atomic E-state index is 0.101. The molecule has 0 aliphatic carbocycles. The molecule has 1 aromatic carbocycles. The van der Waals surface area contributed by atoms with Gasteiger partial charge in [-0.05, 0) is 5.56 Å². The highest BCUT2D eigenvalue weighted by Gasteiger charge is 2.19. The molecule has 0 atom stereocenters. The monoisotopic (exact) mass is 256 g/mol. The van der Waals surface area contributed by atoms with E-state index in [4.69, 9.17) is 4.74 Å². The van der Waals surface area contributed by atoms with Crippen LogP contribution in [0.5, 0.6) is 0 Å². The molecule has 0 radical (unpaired) electrons. The van der Waals surface area contributed by atoms with Crippen LogP contribution in [-0.2, 0) is 10.2 Å².